The zero-order valence-electron chi connectivity index (χ0n) is 13.8. The number of methoxy groups -OCH3 is 2. The molecule has 122 valence electrons. The van der Waals surface area contributed by atoms with Gasteiger partial charge in [0.25, 0.3) is 0 Å². The van der Waals surface area contributed by atoms with Crippen molar-refractivity contribution < 1.29 is 9.47 Å². The number of ether oxygens (including phenoxy) is 2. The number of nitrogens with one attached hydrogen (secondary N) is 1. The Morgan fingerprint density at radius 2 is 1.62 bits per heavy atom. The average Bonchev–Trinajstić information content (AvgIpc) is 2.67. The standard InChI is InChI=1S/C20H20N2O2/c1-23-18-7-8-20(24-2)19(13-18)16-3-5-17(6-4-16)22-14-15-9-11-21-12-10-15/h3-13,22H,14H2,1-2H3. The number of anilines is 1. The zero-order valence-corrected chi connectivity index (χ0v) is 13.8. The van der Waals surface area contributed by atoms with E-state index < -0.39 is 0 Å². The summed E-state index contributed by atoms with van der Waals surface area (Å²) in [7, 11) is 3.34. The molecule has 0 spiro atoms. The summed E-state index contributed by atoms with van der Waals surface area (Å²) in [5.74, 6) is 1.64. The lowest BCUT2D eigenvalue weighted by Crippen LogP contribution is -1.99. The summed E-state index contributed by atoms with van der Waals surface area (Å²) < 4.78 is 10.8. The summed E-state index contributed by atoms with van der Waals surface area (Å²) in [6.45, 7) is 0.768. The van der Waals surface area contributed by atoms with Crippen molar-refractivity contribution in [1.82, 2.24) is 4.98 Å². The molecule has 0 unspecified atom stereocenters. The number of aromatic nitrogens is 1. The Hall–Kier alpha value is -3.01. The van der Waals surface area contributed by atoms with E-state index in [0.717, 1.165) is 34.9 Å². The van der Waals surface area contributed by atoms with E-state index in [1.807, 2.05) is 30.3 Å². The molecule has 24 heavy (non-hydrogen) atoms. The van der Waals surface area contributed by atoms with E-state index in [4.69, 9.17) is 9.47 Å². The van der Waals surface area contributed by atoms with Gasteiger partial charge in [-0.15, -0.1) is 0 Å². The first-order valence-electron chi connectivity index (χ1n) is 7.75. The molecular weight excluding hydrogens is 300 g/mol. The summed E-state index contributed by atoms with van der Waals surface area (Å²) in [6.07, 6.45) is 3.60. The van der Waals surface area contributed by atoms with Gasteiger partial charge in [-0.3, -0.25) is 4.98 Å². The van der Waals surface area contributed by atoms with Crippen molar-refractivity contribution in [3.8, 4) is 22.6 Å². The van der Waals surface area contributed by atoms with Gasteiger partial charge in [-0.05, 0) is 53.6 Å². The third-order valence-electron chi connectivity index (χ3n) is 3.85. The fraction of sp³-hybridized carbons (Fsp3) is 0.150. The van der Waals surface area contributed by atoms with E-state index in [0.29, 0.717) is 0 Å². The van der Waals surface area contributed by atoms with Crippen molar-refractivity contribution in [2.24, 2.45) is 0 Å². The van der Waals surface area contributed by atoms with Crippen LogP contribution in [0.3, 0.4) is 0 Å². The quantitative estimate of drug-likeness (QED) is 0.732. The van der Waals surface area contributed by atoms with Gasteiger partial charge < -0.3 is 14.8 Å². The maximum atomic E-state index is 5.46. The molecule has 0 saturated carbocycles. The molecule has 0 saturated heterocycles. The van der Waals surface area contributed by atoms with Crippen LogP contribution in [0.4, 0.5) is 5.69 Å². The summed E-state index contributed by atoms with van der Waals surface area (Å²) >= 11 is 0. The highest BCUT2D eigenvalue weighted by molar-refractivity contribution is 5.73. The second-order valence-corrected chi connectivity index (χ2v) is 5.35. The molecule has 3 rings (SSSR count). The van der Waals surface area contributed by atoms with Crippen LogP contribution in [0.1, 0.15) is 5.56 Å². The Balaban J connectivity index is 1.77. The van der Waals surface area contributed by atoms with Crippen LogP contribution in [-0.2, 0) is 6.54 Å². The van der Waals surface area contributed by atoms with Gasteiger partial charge in [0.2, 0.25) is 0 Å². The van der Waals surface area contributed by atoms with Gasteiger partial charge in [-0.2, -0.15) is 0 Å². The maximum Gasteiger partial charge on any atom is 0.126 e. The second-order valence-electron chi connectivity index (χ2n) is 5.35. The fourth-order valence-corrected chi connectivity index (χ4v) is 2.51. The number of nitrogens with zero attached hydrogens (tertiary/aromatic N) is 1. The van der Waals surface area contributed by atoms with E-state index in [2.05, 4.69) is 34.6 Å². The normalized spacial score (nSPS) is 10.2. The Bertz CT molecular complexity index is 786. The number of pyridine rings is 1. The van der Waals surface area contributed by atoms with E-state index in [1.165, 1.54) is 5.56 Å². The van der Waals surface area contributed by atoms with Crippen LogP contribution >= 0.6 is 0 Å². The SMILES string of the molecule is COc1ccc(OC)c(-c2ccc(NCc3ccncc3)cc2)c1. The highest BCUT2D eigenvalue weighted by Crippen LogP contribution is 2.33. The molecule has 0 amide bonds. The molecule has 0 aliphatic heterocycles. The third kappa shape index (κ3) is 3.66. The molecule has 1 N–H and O–H groups in total. The van der Waals surface area contributed by atoms with Crippen LogP contribution in [0.2, 0.25) is 0 Å². The van der Waals surface area contributed by atoms with Crippen molar-refractivity contribution >= 4 is 5.69 Å². The van der Waals surface area contributed by atoms with Gasteiger partial charge in [-0.1, -0.05) is 12.1 Å². The molecule has 0 aliphatic rings. The lowest BCUT2D eigenvalue weighted by molar-refractivity contribution is 0.404. The van der Waals surface area contributed by atoms with Gasteiger partial charge in [-0.25, -0.2) is 0 Å². The summed E-state index contributed by atoms with van der Waals surface area (Å²) in [4.78, 5) is 4.03. The molecule has 0 fully saturated rings. The molecular formula is C20H20N2O2. The molecule has 0 aliphatic carbocycles. The zero-order chi connectivity index (χ0) is 16.8. The molecule has 1 heterocycles. The molecule has 3 aromatic rings. The van der Waals surface area contributed by atoms with Crippen molar-refractivity contribution in [1.29, 1.82) is 0 Å². The first-order valence-corrected chi connectivity index (χ1v) is 7.75. The predicted octanol–water partition coefficient (Wildman–Crippen LogP) is 4.38. The van der Waals surface area contributed by atoms with Crippen LogP contribution in [0, 0.1) is 0 Å². The number of rotatable bonds is 6. The van der Waals surface area contributed by atoms with Gasteiger partial charge in [0, 0.05) is 30.2 Å². The number of hydrogen-bond acceptors (Lipinski definition) is 4. The van der Waals surface area contributed by atoms with Crippen LogP contribution in [0.5, 0.6) is 11.5 Å². The van der Waals surface area contributed by atoms with Gasteiger partial charge in [0.15, 0.2) is 0 Å². The molecule has 2 aromatic carbocycles. The van der Waals surface area contributed by atoms with E-state index >= 15 is 0 Å². The number of benzene rings is 2. The fourth-order valence-electron chi connectivity index (χ4n) is 2.51. The average molecular weight is 320 g/mol. The maximum absolute atomic E-state index is 5.46. The molecule has 4 heteroatoms. The minimum atomic E-state index is 0.768. The largest absolute Gasteiger partial charge is 0.497 e. The molecule has 1 aromatic heterocycles. The number of hydrogen-bond donors (Lipinski definition) is 1. The van der Waals surface area contributed by atoms with Crippen LogP contribution in [-0.4, -0.2) is 19.2 Å². The molecule has 4 nitrogen and oxygen atoms in total. The van der Waals surface area contributed by atoms with Crippen LogP contribution in [0.25, 0.3) is 11.1 Å². The Morgan fingerprint density at radius 1 is 0.875 bits per heavy atom. The summed E-state index contributed by atoms with van der Waals surface area (Å²) in [5, 5.41) is 3.41. The van der Waals surface area contributed by atoms with Gasteiger partial charge >= 0.3 is 0 Å². The Labute approximate surface area is 142 Å². The van der Waals surface area contributed by atoms with Crippen molar-refractivity contribution in [3.05, 3.63) is 72.6 Å². The molecule has 0 atom stereocenters. The van der Waals surface area contributed by atoms with Gasteiger partial charge in [0.1, 0.15) is 11.5 Å². The first-order chi connectivity index (χ1) is 11.8. The van der Waals surface area contributed by atoms with Crippen molar-refractivity contribution in [2.45, 2.75) is 6.54 Å². The Kier molecular flexibility index (Phi) is 4.96. The first kappa shape index (κ1) is 15.9. The van der Waals surface area contributed by atoms with E-state index in [1.54, 1.807) is 26.6 Å². The topological polar surface area (TPSA) is 43.4 Å². The monoisotopic (exact) mass is 320 g/mol. The molecule has 0 bridgehead atoms. The lowest BCUT2D eigenvalue weighted by atomic mass is 10.0. The minimum Gasteiger partial charge on any atom is -0.497 e. The van der Waals surface area contributed by atoms with Crippen molar-refractivity contribution in [3.63, 3.8) is 0 Å². The highest BCUT2D eigenvalue weighted by Gasteiger charge is 2.07. The minimum absolute atomic E-state index is 0.768. The van der Waals surface area contributed by atoms with Crippen LogP contribution < -0.4 is 14.8 Å². The Morgan fingerprint density at radius 3 is 2.29 bits per heavy atom. The third-order valence-corrected chi connectivity index (χ3v) is 3.85. The summed E-state index contributed by atoms with van der Waals surface area (Å²) in [6, 6.07) is 18.1. The second kappa shape index (κ2) is 7.51. The smallest absolute Gasteiger partial charge is 0.126 e. The predicted molar refractivity (Wildman–Crippen MR) is 96.5 cm³/mol. The van der Waals surface area contributed by atoms with Crippen LogP contribution in [0.15, 0.2) is 67.0 Å². The van der Waals surface area contributed by atoms with E-state index in [9.17, 15) is 0 Å². The lowest BCUT2D eigenvalue weighted by Gasteiger charge is -2.12. The van der Waals surface area contributed by atoms with Crippen molar-refractivity contribution in [2.75, 3.05) is 19.5 Å². The van der Waals surface area contributed by atoms with Gasteiger partial charge in [0.05, 0.1) is 14.2 Å². The molecule has 0 radical (unpaired) electrons. The summed E-state index contributed by atoms with van der Waals surface area (Å²) in [5.41, 5.74) is 4.36. The van der Waals surface area contributed by atoms with E-state index in [-0.39, 0.29) is 0 Å². The highest BCUT2D eigenvalue weighted by atomic mass is 16.5.